The molecule has 0 aliphatic heterocycles. The lowest BCUT2D eigenvalue weighted by Gasteiger charge is -2.31. The third kappa shape index (κ3) is 5.09. The zero-order chi connectivity index (χ0) is 18.4. The van der Waals surface area contributed by atoms with Crippen molar-refractivity contribution in [3.63, 3.8) is 0 Å². The highest BCUT2D eigenvalue weighted by atomic mass is 16.5. The van der Waals surface area contributed by atoms with Crippen molar-refractivity contribution in [2.75, 3.05) is 0 Å². The van der Waals surface area contributed by atoms with E-state index < -0.39 is 6.10 Å². The Morgan fingerprint density at radius 3 is 2.17 bits per heavy atom. The Bertz CT molecular complexity index is 529. The van der Waals surface area contributed by atoms with Gasteiger partial charge in [-0.15, -0.1) is 0 Å². The smallest absolute Gasteiger partial charge is 0.242 e. The lowest BCUT2D eigenvalue weighted by molar-refractivity contribution is 0.238. The summed E-state index contributed by atoms with van der Waals surface area (Å²) in [6.07, 6.45) is 6.46. The van der Waals surface area contributed by atoms with Crippen LogP contribution >= 0.6 is 0 Å². The molecule has 2 nitrogen and oxygen atoms in total. The van der Waals surface area contributed by atoms with Crippen LogP contribution < -0.4 is 4.74 Å². The molecule has 0 aromatic heterocycles. The summed E-state index contributed by atoms with van der Waals surface area (Å²) < 4.78 is 6.06. The second-order valence-corrected chi connectivity index (χ2v) is 8.05. The number of benzene rings is 1. The van der Waals surface area contributed by atoms with Gasteiger partial charge in [0.2, 0.25) is 6.29 Å². The molecule has 1 radical (unpaired) electrons. The van der Waals surface area contributed by atoms with Crippen molar-refractivity contribution in [1.82, 2.24) is 0 Å². The maximum absolute atomic E-state index is 11.3. The molecule has 2 heteroatoms. The standard InChI is InChI=1S/C22H35O2/c1-8-11-12-18(16-23)24-20-14-13-17(21(4,5)9-2)15-19(20)22(6,7)10-3/h13-15,18H,8-12H2,1-7H3. The minimum absolute atomic E-state index is 0.00730. The SMILES string of the molecule is CCCCC([C]=O)Oc1ccc(C(C)(C)CC)cc1C(C)(C)CC. The molecule has 1 atom stereocenters. The van der Waals surface area contributed by atoms with Crippen LogP contribution in [0.3, 0.4) is 0 Å². The van der Waals surface area contributed by atoms with Crippen LogP contribution in [0.15, 0.2) is 18.2 Å². The van der Waals surface area contributed by atoms with E-state index in [1.807, 2.05) is 0 Å². The molecule has 0 saturated heterocycles. The van der Waals surface area contributed by atoms with Crippen molar-refractivity contribution < 1.29 is 9.53 Å². The fourth-order valence-corrected chi connectivity index (χ4v) is 2.66. The average Bonchev–Trinajstić information content (AvgIpc) is 2.58. The lowest BCUT2D eigenvalue weighted by Crippen LogP contribution is -2.24. The first-order chi connectivity index (χ1) is 11.2. The van der Waals surface area contributed by atoms with E-state index in [2.05, 4.69) is 73.0 Å². The first kappa shape index (κ1) is 20.7. The first-order valence-electron chi connectivity index (χ1n) is 9.41. The van der Waals surface area contributed by atoms with Gasteiger partial charge in [0.25, 0.3) is 0 Å². The van der Waals surface area contributed by atoms with Gasteiger partial charge in [-0.05, 0) is 48.1 Å². The summed E-state index contributed by atoms with van der Waals surface area (Å²) >= 11 is 0. The van der Waals surface area contributed by atoms with Gasteiger partial charge in [-0.3, -0.25) is 4.79 Å². The summed E-state index contributed by atoms with van der Waals surface area (Å²) in [4.78, 5) is 11.3. The number of carbonyl (C=O) groups excluding carboxylic acids is 1. The summed E-state index contributed by atoms with van der Waals surface area (Å²) in [5.74, 6) is 0.835. The van der Waals surface area contributed by atoms with E-state index in [1.165, 1.54) is 11.1 Å². The van der Waals surface area contributed by atoms with E-state index in [0.29, 0.717) is 0 Å². The van der Waals surface area contributed by atoms with Crippen LogP contribution in [0.5, 0.6) is 5.75 Å². The highest BCUT2D eigenvalue weighted by Gasteiger charge is 2.27. The second-order valence-electron chi connectivity index (χ2n) is 8.05. The zero-order valence-electron chi connectivity index (χ0n) is 16.7. The van der Waals surface area contributed by atoms with Crippen molar-refractivity contribution in [2.24, 2.45) is 0 Å². The van der Waals surface area contributed by atoms with Gasteiger partial charge in [0.1, 0.15) is 5.75 Å². The van der Waals surface area contributed by atoms with Gasteiger partial charge in [-0.25, -0.2) is 0 Å². The number of hydrogen-bond donors (Lipinski definition) is 0. The minimum Gasteiger partial charge on any atom is -0.482 e. The molecule has 0 heterocycles. The molecule has 0 N–H and O–H groups in total. The van der Waals surface area contributed by atoms with E-state index in [1.54, 1.807) is 0 Å². The van der Waals surface area contributed by atoms with E-state index in [9.17, 15) is 4.79 Å². The highest BCUT2D eigenvalue weighted by molar-refractivity contribution is 5.58. The molecular weight excluding hydrogens is 296 g/mol. The Morgan fingerprint density at radius 1 is 1.04 bits per heavy atom. The quantitative estimate of drug-likeness (QED) is 0.517. The van der Waals surface area contributed by atoms with E-state index in [-0.39, 0.29) is 10.8 Å². The molecule has 0 saturated carbocycles. The molecule has 1 aromatic carbocycles. The van der Waals surface area contributed by atoms with E-state index in [4.69, 9.17) is 4.74 Å². The van der Waals surface area contributed by atoms with Crippen LogP contribution in [-0.4, -0.2) is 12.4 Å². The van der Waals surface area contributed by atoms with Crippen LogP contribution in [0.25, 0.3) is 0 Å². The van der Waals surface area contributed by atoms with Gasteiger partial charge in [0, 0.05) is 5.56 Å². The summed E-state index contributed by atoms with van der Waals surface area (Å²) in [7, 11) is 0. The molecule has 0 bridgehead atoms. The number of ether oxygens (including phenoxy) is 1. The molecule has 0 fully saturated rings. The third-order valence-corrected chi connectivity index (χ3v) is 5.48. The van der Waals surface area contributed by atoms with Crippen LogP contribution in [0.1, 0.15) is 91.7 Å². The van der Waals surface area contributed by atoms with Gasteiger partial charge < -0.3 is 4.74 Å². The molecule has 0 aliphatic rings. The molecule has 24 heavy (non-hydrogen) atoms. The fraction of sp³-hybridized carbons (Fsp3) is 0.682. The predicted octanol–water partition coefficient (Wildman–Crippen LogP) is 6.11. The Hall–Kier alpha value is -1.31. The molecule has 135 valence electrons. The third-order valence-electron chi connectivity index (χ3n) is 5.48. The summed E-state index contributed by atoms with van der Waals surface area (Å²) in [5.41, 5.74) is 2.66. The van der Waals surface area contributed by atoms with Crippen molar-refractivity contribution >= 4 is 6.29 Å². The molecular formula is C22H35O2. The Morgan fingerprint density at radius 2 is 1.67 bits per heavy atom. The van der Waals surface area contributed by atoms with Crippen LogP contribution in [0.4, 0.5) is 0 Å². The van der Waals surface area contributed by atoms with Crippen molar-refractivity contribution in [1.29, 1.82) is 0 Å². The van der Waals surface area contributed by atoms with Gasteiger partial charge in [0.15, 0.2) is 6.10 Å². The van der Waals surface area contributed by atoms with Gasteiger partial charge in [-0.1, -0.05) is 67.0 Å². The normalized spacial score (nSPS) is 13.6. The molecule has 0 amide bonds. The highest BCUT2D eigenvalue weighted by Crippen LogP contribution is 2.38. The number of hydrogen-bond acceptors (Lipinski definition) is 2. The topological polar surface area (TPSA) is 26.3 Å². The summed E-state index contributed by atoms with van der Waals surface area (Å²) in [6, 6.07) is 6.48. The Labute approximate surface area is 149 Å². The largest absolute Gasteiger partial charge is 0.482 e. The van der Waals surface area contributed by atoms with Crippen LogP contribution in [-0.2, 0) is 15.6 Å². The maximum atomic E-state index is 11.3. The van der Waals surface area contributed by atoms with Crippen molar-refractivity contribution in [3.05, 3.63) is 29.3 Å². The second kappa shape index (κ2) is 8.69. The molecule has 0 spiro atoms. The predicted molar refractivity (Wildman–Crippen MR) is 103 cm³/mol. The fourth-order valence-electron chi connectivity index (χ4n) is 2.66. The number of unbranched alkanes of at least 4 members (excludes halogenated alkanes) is 1. The van der Waals surface area contributed by atoms with E-state index >= 15 is 0 Å². The molecule has 0 aliphatic carbocycles. The van der Waals surface area contributed by atoms with Gasteiger partial charge in [-0.2, -0.15) is 0 Å². The molecule has 1 aromatic rings. The molecule has 1 unspecified atom stereocenters. The van der Waals surface area contributed by atoms with Crippen LogP contribution in [0.2, 0.25) is 0 Å². The van der Waals surface area contributed by atoms with Crippen molar-refractivity contribution in [3.8, 4) is 5.75 Å². The Kier molecular flexibility index (Phi) is 7.51. The number of rotatable bonds is 10. The zero-order valence-corrected chi connectivity index (χ0v) is 16.7. The van der Waals surface area contributed by atoms with Crippen molar-refractivity contribution in [2.45, 2.75) is 97.5 Å². The van der Waals surface area contributed by atoms with Gasteiger partial charge in [0.05, 0.1) is 0 Å². The maximum Gasteiger partial charge on any atom is 0.242 e. The molecule has 1 rings (SSSR count). The first-order valence-corrected chi connectivity index (χ1v) is 9.41. The van der Waals surface area contributed by atoms with E-state index in [0.717, 1.165) is 37.9 Å². The van der Waals surface area contributed by atoms with Crippen LogP contribution in [0, 0.1) is 0 Å². The monoisotopic (exact) mass is 331 g/mol. The summed E-state index contributed by atoms with van der Waals surface area (Å²) in [6.45, 7) is 15.6. The summed E-state index contributed by atoms with van der Waals surface area (Å²) in [5, 5.41) is 0. The minimum atomic E-state index is -0.471. The average molecular weight is 332 g/mol. The lowest BCUT2D eigenvalue weighted by atomic mass is 9.76. The van der Waals surface area contributed by atoms with Gasteiger partial charge >= 0.3 is 0 Å². The Balaban J connectivity index is 3.26.